The average molecular weight is 346 g/mol. The summed E-state index contributed by atoms with van der Waals surface area (Å²) < 4.78 is 1.80. The second-order valence-electron chi connectivity index (χ2n) is 5.32. The first kappa shape index (κ1) is 17.7. The molecule has 24 heavy (non-hydrogen) atoms. The summed E-state index contributed by atoms with van der Waals surface area (Å²) in [4.78, 5) is 16.1. The fourth-order valence-corrected chi connectivity index (χ4v) is 2.46. The number of carbonyl (C=O) groups excluding carboxylic acids is 1. The molecular weight excluding hydrogens is 328 g/mol. The van der Waals surface area contributed by atoms with E-state index >= 15 is 0 Å². The Labute approximate surface area is 145 Å². The first-order chi connectivity index (χ1) is 11.1. The van der Waals surface area contributed by atoms with E-state index in [1.807, 2.05) is 43.3 Å². The molecule has 0 spiro atoms. The van der Waals surface area contributed by atoms with Gasteiger partial charge in [0, 0.05) is 0 Å². The van der Waals surface area contributed by atoms with Crippen LogP contribution in [0, 0.1) is 6.92 Å². The van der Waals surface area contributed by atoms with Gasteiger partial charge in [-0.2, -0.15) is 4.58 Å². The number of carbonyl (C=O) groups is 1. The van der Waals surface area contributed by atoms with Crippen LogP contribution < -0.4 is 11.3 Å². The minimum Gasteiger partial charge on any atom is -0.507 e. The molecule has 0 fully saturated rings. The molecule has 0 atom stereocenters. The molecule has 124 valence electrons. The van der Waals surface area contributed by atoms with E-state index in [0.29, 0.717) is 11.4 Å². The number of benzene rings is 2. The van der Waals surface area contributed by atoms with Gasteiger partial charge in [-0.05, 0) is 41.7 Å². The Hall–Kier alpha value is -2.70. The lowest BCUT2D eigenvalue weighted by molar-refractivity contribution is -0.296. The smallest absolute Gasteiger partial charge is 0.314 e. The number of amidine groups is 1. The van der Waals surface area contributed by atoms with Crippen LogP contribution in [0.1, 0.15) is 17.5 Å². The highest BCUT2D eigenvalue weighted by atomic mass is 35.5. The number of aliphatic imine (C=N–C) groups is 1. The minimum absolute atomic E-state index is 0. The van der Waals surface area contributed by atoms with Crippen molar-refractivity contribution in [2.24, 2.45) is 10.8 Å². The topological polar surface area (TPSA) is 90.7 Å². The summed E-state index contributed by atoms with van der Waals surface area (Å²) in [5, 5.41) is 10.1. The maximum Gasteiger partial charge on any atom is 0.314 e. The Balaban J connectivity index is 0.00000208. The predicted molar refractivity (Wildman–Crippen MR) is 95.7 cm³/mol. The predicted octanol–water partition coefficient (Wildman–Crippen LogP) is 2.31. The third-order valence-corrected chi connectivity index (χ3v) is 3.60. The third kappa shape index (κ3) is 3.45. The standard InChI is InChI=1S/C17H16N4O2.ClH/c1-11-6-7-12(15(22)8-11)10-21-14-5-3-2-4-13(14)19-16(21)9-17(23)20-18;/h2-8,10H,9,18H2,1H3,(H,20,23);1H/p+1. The quantitative estimate of drug-likeness (QED) is 0.345. The largest absolute Gasteiger partial charge is 0.507 e. The van der Waals surface area contributed by atoms with Crippen LogP contribution in [0.25, 0.3) is 0 Å². The summed E-state index contributed by atoms with van der Waals surface area (Å²) in [6, 6.07) is 13.0. The summed E-state index contributed by atoms with van der Waals surface area (Å²) in [7, 11) is 0. The molecule has 0 saturated carbocycles. The first-order valence-corrected chi connectivity index (χ1v) is 7.18. The van der Waals surface area contributed by atoms with Crippen molar-refractivity contribution in [1.82, 2.24) is 5.43 Å². The molecule has 7 heteroatoms. The lowest BCUT2D eigenvalue weighted by Gasteiger charge is -2.04. The molecule has 2 aromatic carbocycles. The molecule has 1 aliphatic rings. The highest BCUT2D eigenvalue weighted by Gasteiger charge is 2.31. The highest BCUT2D eigenvalue weighted by molar-refractivity contribution is 6.02. The van der Waals surface area contributed by atoms with E-state index in [4.69, 9.17) is 5.84 Å². The number of para-hydroxylation sites is 2. The number of nitrogens with one attached hydrogen (secondary N) is 1. The van der Waals surface area contributed by atoms with Gasteiger partial charge in [-0.3, -0.25) is 10.2 Å². The van der Waals surface area contributed by atoms with Crippen LogP contribution in [-0.2, 0) is 4.79 Å². The Bertz CT molecular complexity index is 846. The molecule has 4 N–H and O–H groups in total. The van der Waals surface area contributed by atoms with Gasteiger partial charge in [-0.15, -0.1) is 12.4 Å². The molecule has 2 aromatic rings. The Morgan fingerprint density at radius 3 is 2.79 bits per heavy atom. The maximum absolute atomic E-state index is 11.6. The number of hydrazine groups is 1. The number of amides is 1. The zero-order valence-electron chi connectivity index (χ0n) is 13.1. The van der Waals surface area contributed by atoms with E-state index in [1.165, 1.54) is 0 Å². The minimum atomic E-state index is -0.330. The van der Waals surface area contributed by atoms with Crippen LogP contribution in [0.3, 0.4) is 0 Å². The summed E-state index contributed by atoms with van der Waals surface area (Å²) in [5.41, 5.74) is 5.36. The second kappa shape index (κ2) is 7.25. The molecular formula is C17H18ClN4O2+. The van der Waals surface area contributed by atoms with Gasteiger partial charge < -0.3 is 5.11 Å². The number of aromatic hydroxyl groups is 1. The van der Waals surface area contributed by atoms with Crippen molar-refractivity contribution in [2.45, 2.75) is 13.3 Å². The van der Waals surface area contributed by atoms with Gasteiger partial charge in [0.15, 0.2) is 5.69 Å². The van der Waals surface area contributed by atoms with Crippen molar-refractivity contribution in [3.8, 4) is 5.75 Å². The summed E-state index contributed by atoms with van der Waals surface area (Å²) >= 11 is 0. The SMILES string of the molecule is Cc1ccc(C=[N+]2C(CC(=O)NN)=Nc3ccccc32)c(O)c1.Cl. The molecule has 0 bridgehead atoms. The van der Waals surface area contributed by atoms with Crippen LogP contribution in [0.15, 0.2) is 47.5 Å². The summed E-state index contributed by atoms with van der Waals surface area (Å²) in [5.74, 6) is 5.57. The average Bonchev–Trinajstić information content (AvgIpc) is 2.87. The Morgan fingerprint density at radius 1 is 1.33 bits per heavy atom. The number of aryl methyl sites for hydroxylation is 1. The highest BCUT2D eigenvalue weighted by Crippen LogP contribution is 2.34. The monoisotopic (exact) mass is 345 g/mol. The molecule has 1 aliphatic heterocycles. The number of nitrogens with zero attached hydrogens (tertiary/aromatic N) is 2. The van der Waals surface area contributed by atoms with E-state index < -0.39 is 0 Å². The number of phenolic OH excluding ortho intramolecular Hbond substituents is 1. The molecule has 3 rings (SSSR count). The molecule has 6 nitrogen and oxygen atoms in total. The van der Waals surface area contributed by atoms with Gasteiger partial charge >= 0.3 is 5.84 Å². The lowest BCUT2D eigenvalue weighted by atomic mass is 10.1. The number of nitrogens with two attached hydrogens (primary N) is 1. The van der Waals surface area contributed by atoms with Gasteiger partial charge in [-0.25, -0.2) is 5.84 Å². The number of hydrogen-bond acceptors (Lipinski definition) is 4. The van der Waals surface area contributed by atoms with Gasteiger partial charge in [0.05, 0.1) is 5.56 Å². The van der Waals surface area contributed by atoms with Crippen LogP contribution in [0.4, 0.5) is 11.4 Å². The van der Waals surface area contributed by atoms with Crippen molar-refractivity contribution in [3.05, 3.63) is 53.6 Å². The maximum atomic E-state index is 11.6. The van der Waals surface area contributed by atoms with E-state index in [-0.39, 0.29) is 30.5 Å². The molecule has 0 radical (unpaired) electrons. The second-order valence-corrected chi connectivity index (χ2v) is 5.32. The lowest BCUT2D eigenvalue weighted by Crippen LogP contribution is -2.33. The molecule has 0 unspecified atom stereocenters. The molecule has 1 amide bonds. The van der Waals surface area contributed by atoms with Crippen LogP contribution in [-0.4, -0.2) is 27.6 Å². The van der Waals surface area contributed by atoms with Crippen molar-refractivity contribution in [3.63, 3.8) is 0 Å². The van der Waals surface area contributed by atoms with Crippen molar-refractivity contribution >= 4 is 41.7 Å². The molecule has 1 heterocycles. The molecule has 0 aromatic heterocycles. The number of halogens is 1. The Morgan fingerprint density at radius 2 is 2.08 bits per heavy atom. The number of hydrogen-bond donors (Lipinski definition) is 3. The van der Waals surface area contributed by atoms with Gasteiger partial charge in [0.1, 0.15) is 18.4 Å². The van der Waals surface area contributed by atoms with Crippen LogP contribution in [0.2, 0.25) is 0 Å². The van der Waals surface area contributed by atoms with Gasteiger partial charge in [-0.1, -0.05) is 18.2 Å². The normalized spacial score (nSPS) is 13.9. The van der Waals surface area contributed by atoms with Crippen molar-refractivity contribution in [2.75, 3.05) is 0 Å². The van der Waals surface area contributed by atoms with E-state index in [1.54, 1.807) is 16.9 Å². The number of fused-ring (bicyclic) bond motifs is 1. The van der Waals surface area contributed by atoms with Crippen LogP contribution in [0.5, 0.6) is 5.75 Å². The fraction of sp³-hybridized carbons (Fsp3) is 0.118. The zero-order chi connectivity index (χ0) is 16.4. The van der Waals surface area contributed by atoms with Crippen molar-refractivity contribution < 1.29 is 14.5 Å². The van der Waals surface area contributed by atoms with E-state index in [0.717, 1.165) is 16.9 Å². The summed E-state index contributed by atoms with van der Waals surface area (Å²) in [6.45, 7) is 1.91. The zero-order valence-corrected chi connectivity index (χ0v) is 13.9. The Kier molecular flexibility index (Phi) is 5.33. The number of rotatable bonds is 3. The van der Waals surface area contributed by atoms with Gasteiger partial charge in [0.2, 0.25) is 11.6 Å². The molecule has 0 aliphatic carbocycles. The third-order valence-electron chi connectivity index (χ3n) is 3.60. The summed E-state index contributed by atoms with van der Waals surface area (Å²) in [6.07, 6.45) is 1.82. The van der Waals surface area contributed by atoms with E-state index in [2.05, 4.69) is 10.4 Å². The van der Waals surface area contributed by atoms with E-state index in [9.17, 15) is 9.90 Å². The van der Waals surface area contributed by atoms with Gasteiger partial charge in [0.25, 0.3) is 0 Å². The van der Waals surface area contributed by atoms with Crippen molar-refractivity contribution in [1.29, 1.82) is 0 Å². The number of phenols is 1. The first-order valence-electron chi connectivity index (χ1n) is 7.18. The fourth-order valence-electron chi connectivity index (χ4n) is 2.46. The molecule has 0 saturated heterocycles. The van der Waals surface area contributed by atoms with Crippen LogP contribution >= 0.6 is 12.4 Å².